The van der Waals surface area contributed by atoms with Crippen LogP contribution in [0.15, 0.2) is 91.6 Å². The van der Waals surface area contributed by atoms with Crippen LogP contribution < -0.4 is 19.7 Å². The Morgan fingerprint density at radius 3 is 0.767 bits per heavy atom. The van der Waals surface area contributed by atoms with E-state index in [0.29, 0.717) is 34.1 Å². The van der Waals surface area contributed by atoms with E-state index >= 15 is 9.59 Å². The van der Waals surface area contributed by atoms with Gasteiger partial charge in [-0.3, -0.25) is 19.2 Å². The van der Waals surface area contributed by atoms with Crippen molar-refractivity contribution in [3.05, 3.63) is 127 Å². The molecule has 0 radical (unpaired) electrons. The Morgan fingerprint density at radius 2 is 0.543 bits per heavy atom. The first-order valence-corrected chi connectivity index (χ1v) is 65.8. The molecule has 0 unspecified atom stereocenters. The third-order valence-electron chi connectivity index (χ3n) is 29.2. The minimum atomic E-state index is -2.85. The highest BCUT2D eigenvalue weighted by Gasteiger charge is 2.64. The van der Waals surface area contributed by atoms with Gasteiger partial charge in [0.1, 0.15) is 97.3 Å². The molecule has 7 rings (SSSR count). The molecule has 18 nitrogen and oxygen atoms in total. The highest BCUT2D eigenvalue weighted by molar-refractivity contribution is 6.77. The molecule has 656 valence electrons. The van der Waals surface area contributed by atoms with E-state index < -0.39 is 163 Å². The molecule has 2 aromatic carbocycles. The van der Waals surface area contributed by atoms with Crippen molar-refractivity contribution in [1.29, 1.82) is 0 Å². The van der Waals surface area contributed by atoms with Gasteiger partial charge in [-0.15, -0.1) is 0 Å². The van der Waals surface area contributed by atoms with Gasteiger partial charge < -0.3 is 63.2 Å². The van der Waals surface area contributed by atoms with E-state index in [9.17, 15) is 9.59 Å². The van der Waals surface area contributed by atoms with Crippen molar-refractivity contribution in [2.75, 3.05) is 13.2 Å². The van der Waals surface area contributed by atoms with Crippen LogP contribution in [0.25, 0.3) is 0 Å². The van der Waals surface area contributed by atoms with Crippen LogP contribution in [0.2, 0.25) is 145 Å². The maximum atomic E-state index is 16.8. The normalized spacial score (nSPS) is 25.2. The zero-order valence-electron chi connectivity index (χ0n) is 79.8. The predicted octanol–water partition coefficient (Wildman–Crippen LogP) is 23.8. The van der Waals surface area contributed by atoms with Gasteiger partial charge in [0.15, 0.2) is 60.8 Å². The van der Waals surface area contributed by atoms with Gasteiger partial charge in [0.05, 0.1) is 35.5 Å². The number of aryl methyl sites for hydroxylation is 2. The van der Waals surface area contributed by atoms with E-state index in [2.05, 4.69) is 271 Å². The van der Waals surface area contributed by atoms with Crippen LogP contribution in [0, 0.1) is 25.7 Å². The molecule has 10 atom stereocenters. The molecule has 4 aromatic rings. The van der Waals surface area contributed by atoms with Gasteiger partial charge in [-0.1, -0.05) is 190 Å². The molecule has 0 bridgehead atoms. The van der Waals surface area contributed by atoms with Gasteiger partial charge in [-0.25, -0.2) is 0 Å². The summed E-state index contributed by atoms with van der Waals surface area (Å²) in [7, 11) is -21.7. The van der Waals surface area contributed by atoms with Crippen LogP contribution in [0.4, 0.5) is 0 Å². The maximum Gasteiger partial charge on any atom is 0.310 e. The van der Waals surface area contributed by atoms with Gasteiger partial charge in [-0.05, 0) is 194 Å². The summed E-state index contributed by atoms with van der Waals surface area (Å²) in [6.07, 6.45) is -6.72. The third kappa shape index (κ3) is 21.7. The van der Waals surface area contributed by atoms with Crippen LogP contribution in [-0.2, 0) is 55.1 Å². The molecule has 2 aliphatic heterocycles. The number of carbonyl (C=O) groups excluding carboxylic acids is 2. The molecule has 116 heavy (non-hydrogen) atoms. The first-order valence-electron chi connectivity index (χ1n) is 42.5. The maximum absolute atomic E-state index is 16.8. The Bertz CT molecular complexity index is 3870. The second kappa shape index (κ2) is 34.4. The number of hydrogen-bond acceptors (Lipinski definition) is 18. The molecule has 26 heteroatoms. The van der Waals surface area contributed by atoms with Gasteiger partial charge in [0.2, 0.25) is 16.6 Å². The van der Waals surface area contributed by atoms with Crippen molar-refractivity contribution in [3.8, 4) is 11.5 Å². The molecular weight excluding hydrogens is 1590 g/mol. The van der Waals surface area contributed by atoms with E-state index in [4.69, 9.17) is 63.2 Å². The van der Waals surface area contributed by atoms with Crippen LogP contribution in [0.1, 0.15) is 224 Å². The van der Waals surface area contributed by atoms with Gasteiger partial charge in [0, 0.05) is 24.0 Å². The Balaban J connectivity index is 1.50. The average Bonchev–Trinajstić information content (AvgIpc) is 0.700. The monoisotopic (exact) mass is 1750 g/mol. The molecule has 3 aliphatic rings. The summed E-state index contributed by atoms with van der Waals surface area (Å²) in [6, 6.07) is 18.5. The van der Waals surface area contributed by atoms with E-state index in [0.717, 1.165) is 0 Å². The lowest BCUT2D eigenvalue weighted by atomic mass is 9.52. The number of benzene rings is 2. The molecule has 2 saturated heterocycles. The largest absolute Gasteiger partial charge is 0.544 e. The van der Waals surface area contributed by atoms with Crippen LogP contribution in [-0.4, -0.2) is 141 Å². The van der Waals surface area contributed by atoms with Crippen molar-refractivity contribution in [1.82, 2.24) is 0 Å². The van der Waals surface area contributed by atoms with Gasteiger partial charge in [0.25, 0.3) is 0 Å². The van der Waals surface area contributed by atoms with Crippen molar-refractivity contribution in [2.45, 2.75) is 398 Å². The highest BCUT2D eigenvalue weighted by atomic mass is 28.4. The summed E-state index contributed by atoms with van der Waals surface area (Å²) < 4.78 is 102. The van der Waals surface area contributed by atoms with E-state index in [-0.39, 0.29) is 75.5 Å². The van der Waals surface area contributed by atoms with Crippen LogP contribution in [0.5, 0.6) is 11.5 Å². The Morgan fingerprint density at radius 1 is 0.319 bits per heavy atom. The highest BCUT2D eigenvalue weighted by Crippen LogP contribution is 2.60. The molecule has 0 amide bonds. The lowest BCUT2D eigenvalue weighted by Gasteiger charge is -2.55. The first kappa shape index (κ1) is 99.4. The summed E-state index contributed by atoms with van der Waals surface area (Å²) in [5, 5.41) is -2.10. The van der Waals surface area contributed by atoms with Gasteiger partial charge in [-0.2, -0.15) is 0 Å². The average molecular weight is 1750 g/mol. The quantitative estimate of drug-likeness (QED) is 0.0423. The second-order valence-corrected chi connectivity index (χ2v) is 84.0. The molecule has 4 heterocycles. The first-order chi connectivity index (χ1) is 52.1. The SMILES string of the molecule is Cc1occc(=O)c1[C@@H]1O[C@H](COC(=O)C2C(c3ccc(O[Si](C)(C)C(C)(C)C)cc3)C(C(=O)OC[C@H]3O[C@@H](c4c(C)occc4=O)[C@H](O[Si](C)(C)C(C)(C)C)[C@@H](O[Si](C)(C)C(C)(C)C)[C@@H]3O[Si](C)(C)C(C)(C)C)C2c2ccc(O[Si](C)(C)C(C)(C)C)cc2)[C@@H](O[Si](C)(C)C(C)(C)C)[C@H](O[Si](C)(C)C(C)(C)C)[C@H]1O[Si](C)(C)C(C)(C)C. The van der Waals surface area contributed by atoms with Gasteiger partial charge >= 0.3 is 11.9 Å². The van der Waals surface area contributed by atoms with Crippen molar-refractivity contribution >= 4 is 78.5 Å². The van der Waals surface area contributed by atoms with Crippen LogP contribution >= 0.6 is 0 Å². The summed E-state index contributed by atoms with van der Waals surface area (Å²) >= 11 is 0. The van der Waals surface area contributed by atoms with Crippen molar-refractivity contribution in [3.63, 3.8) is 0 Å². The number of esters is 2. The molecule has 1 aliphatic carbocycles. The third-order valence-corrected chi connectivity index (χ3v) is 64.8. The summed E-state index contributed by atoms with van der Waals surface area (Å²) in [5.74, 6) is -2.93. The summed E-state index contributed by atoms with van der Waals surface area (Å²) in [4.78, 5) is 63.0. The van der Waals surface area contributed by atoms with E-state index in [1.807, 2.05) is 48.5 Å². The topological polar surface area (TPSA) is 205 Å². The molecular formula is C90H156O18Si8. The Kier molecular flexibility index (Phi) is 29.5. The van der Waals surface area contributed by atoms with E-state index in [1.165, 1.54) is 24.7 Å². The molecule has 2 aromatic heterocycles. The Labute approximate surface area is 708 Å². The lowest BCUT2D eigenvalue weighted by molar-refractivity contribution is -0.227. The molecule has 1 saturated carbocycles. The lowest BCUT2D eigenvalue weighted by Crippen LogP contribution is -2.66. The zero-order chi connectivity index (χ0) is 88.8. The standard InChI is InChI=1S/C90H156O18Si8/c1-57-67(63(91)51-53-95-57)75-79(107-115(39,40)89(21,22)23)77(105-113(35,36)87(15,16)17)73(103-111(31,32)85(9,10)11)65(99-75)55-97-81(93)71-69(59-43-47-61(48-44-59)101-109(27,28)83(3,4)5)72(70(71)60-45-49-62(50-46-60)102-110(29,30)84(6,7)8)82(94)98-56-66-74(104-112(33,34)86(12,13)14)78(106-114(37,38)88(18,19)20)80(108-116(41,42)90(24,25)26)76(100-66)68-58(2)96-54-52-64(68)92/h43-54,65-66,69-80H,55-56H2,1-42H3/t65-,66-,69?,70?,71?,72?,73-,74-,75+,76+,77+,78+,79+,80+/m1/s1. The minimum absolute atomic E-state index is 0.125. The fourth-order valence-electron chi connectivity index (χ4n) is 13.3. The second-order valence-electron chi connectivity index (χ2n) is 46.0. The number of ether oxygens (including phenoxy) is 4. The summed E-state index contributed by atoms with van der Waals surface area (Å²) in [5.41, 5.74) is 1.36. The van der Waals surface area contributed by atoms with Crippen molar-refractivity contribution < 1.29 is 72.8 Å². The van der Waals surface area contributed by atoms with E-state index in [1.54, 1.807) is 13.8 Å². The number of carbonyl (C=O) groups is 2. The van der Waals surface area contributed by atoms with Crippen molar-refractivity contribution in [2.24, 2.45) is 11.8 Å². The zero-order valence-corrected chi connectivity index (χ0v) is 87.8. The minimum Gasteiger partial charge on any atom is -0.544 e. The molecule has 3 fully saturated rings. The molecule has 0 N–H and O–H groups in total. The van der Waals surface area contributed by atoms with Crippen LogP contribution in [0.3, 0.4) is 0 Å². The number of rotatable bonds is 26. The summed E-state index contributed by atoms with van der Waals surface area (Å²) in [6.45, 7) is 90.8. The smallest absolute Gasteiger partial charge is 0.310 e. The predicted molar refractivity (Wildman–Crippen MR) is 490 cm³/mol. The Hall–Kier alpha value is -3.70. The fourth-order valence-corrected chi connectivity index (χ4v) is 23.2. The number of hydrogen-bond donors (Lipinski definition) is 0. The fraction of sp³-hybridized carbons (Fsp3) is 0.733. The molecule has 0 spiro atoms.